The van der Waals surface area contributed by atoms with Crippen LogP contribution in [0.3, 0.4) is 0 Å². The first-order valence-corrected chi connectivity index (χ1v) is 7.58. The highest BCUT2D eigenvalue weighted by Crippen LogP contribution is 2.20. The Hall–Kier alpha value is -1.74. The van der Waals surface area contributed by atoms with Crippen molar-refractivity contribution in [3.8, 4) is 0 Å². The number of sulfone groups is 1. The first-order chi connectivity index (χ1) is 8.88. The van der Waals surface area contributed by atoms with Gasteiger partial charge in [-0.25, -0.2) is 13.4 Å². The SMILES string of the molecule is CC(c1noc(C(N)Cc2cnc[nH]2)n1)S(C)(=O)=O. The number of nitrogens with one attached hydrogen (secondary N) is 1. The van der Waals surface area contributed by atoms with Gasteiger partial charge in [-0.1, -0.05) is 5.16 Å². The number of nitrogens with two attached hydrogens (primary N) is 1. The van der Waals surface area contributed by atoms with Crippen molar-refractivity contribution in [3.05, 3.63) is 29.9 Å². The first kappa shape index (κ1) is 13.7. The van der Waals surface area contributed by atoms with E-state index in [1.165, 1.54) is 6.92 Å². The Morgan fingerprint density at radius 1 is 1.53 bits per heavy atom. The molecule has 0 radical (unpaired) electrons. The average molecular weight is 285 g/mol. The zero-order valence-corrected chi connectivity index (χ0v) is 11.4. The van der Waals surface area contributed by atoms with Crippen LogP contribution in [0.2, 0.25) is 0 Å². The van der Waals surface area contributed by atoms with Gasteiger partial charge in [-0.2, -0.15) is 4.98 Å². The molecule has 2 aromatic heterocycles. The molecular formula is C10H15N5O3S. The summed E-state index contributed by atoms with van der Waals surface area (Å²) in [5, 5.41) is 2.85. The molecule has 9 heteroatoms. The minimum atomic E-state index is -3.26. The highest BCUT2D eigenvalue weighted by atomic mass is 32.2. The average Bonchev–Trinajstić information content (AvgIpc) is 2.96. The first-order valence-electron chi connectivity index (χ1n) is 5.63. The van der Waals surface area contributed by atoms with Crippen molar-refractivity contribution in [1.82, 2.24) is 20.1 Å². The Balaban J connectivity index is 2.12. The molecule has 2 unspecified atom stereocenters. The predicted octanol–water partition coefficient (Wildman–Crippen LogP) is 0.141. The summed E-state index contributed by atoms with van der Waals surface area (Å²) in [6.45, 7) is 1.50. The smallest absolute Gasteiger partial charge is 0.244 e. The number of hydrogen-bond donors (Lipinski definition) is 2. The second-order valence-corrected chi connectivity index (χ2v) is 6.72. The van der Waals surface area contributed by atoms with E-state index in [4.69, 9.17) is 10.3 Å². The Kier molecular flexibility index (Phi) is 3.67. The molecule has 0 aliphatic rings. The third-order valence-corrected chi connectivity index (χ3v) is 4.27. The van der Waals surface area contributed by atoms with Crippen LogP contribution < -0.4 is 5.73 Å². The standard InChI is InChI=1S/C10H15N5O3S/c1-6(19(2,16)17)9-14-10(18-15-9)8(11)3-7-4-12-5-13-7/h4-6,8H,3,11H2,1-2H3,(H,12,13). The van der Waals surface area contributed by atoms with E-state index in [0.717, 1.165) is 11.9 Å². The van der Waals surface area contributed by atoms with Crippen LogP contribution in [0, 0.1) is 0 Å². The second kappa shape index (κ2) is 5.10. The molecule has 0 saturated carbocycles. The van der Waals surface area contributed by atoms with Crippen LogP contribution in [-0.4, -0.2) is 34.8 Å². The Morgan fingerprint density at radius 3 is 2.84 bits per heavy atom. The van der Waals surface area contributed by atoms with Crippen molar-refractivity contribution in [1.29, 1.82) is 0 Å². The van der Waals surface area contributed by atoms with E-state index >= 15 is 0 Å². The number of rotatable bonds is 5. The van der Waals surface area contributed by atoms with Gasteiger partial charge in [-0.3, -0.25) is 0 Å². The lowest BCUT2D eigenvalue weighted by Gasteiger charge is -2.04. The fourth-order valence-electron chi connectivity index (χ4n) is 1.48. The molecule has 0 saturated heterocycles. The molecular weight excluding hydrogens is 270 g/mol. The van der Waals surface area contributed by atoms with Crippen LogP contribution in [0.4, 0.5) is 0 Å². The lowest BCUT2D eigenvalue weighted by molar-refractivity contribution is 0.349. The highest BCUT2D eigenvalue weighted by Gasteiger charge is 2.25. The van der Waals surface area contributed by atoms with Crippen LogP contribution in [0.15, 0.2) is 17.0 Å². The Morgan fingerprint density at radius 2 is 2.26 bits per heavy atom. The molecule has 0 bridgehead atoms. The quantitative estimate of drug-likeness (QED) is 0.799. The van der Waals surface area contributed by atoms with Gasteiger partial charge in [0, 0.05) is 24.6 Å². The van der Waals surface area contributed by atoms with E-state index in [-0.39, 0.29) is 11.7 Å². The lowest BCUT2D eigenvalue weighted by Crippen LogP contribution is -2.15. The van der Waals surface area contributed by atoms with E-state index in [0.29, 0.717) is 6.42 Å². The molecule has 8 nitrogen and oxygen atoms in total. The summed E-state index contributed by atoms with van der Waals surface area (Å²) in [4.78, 5) is 10.8. The second-order valence-electron chi connectivity index (χ2n) is 4.35. The predicted molar refractivity (Wildman–Crippen MR) is 66.8 cm³/mol. The van der Waals surface area contributed by atoms with Crippen LogP contribution in [0.1, 0.15) is 35.6 Å². The minimum Gasteiger partial charge on any atom is -0.348 e. The third kappa shape index (κ3) is 3.18. The maximum atomic E-state index is 11.4. The molecule has 2 aromatic rings. The van der Waals surface area contributed by atoms with Crippen LogP contribution in [0.5, 0.6) is 0 Å². The topological polar surface area (TPSA) is 128 Å². The van der Waals surface area contributed by atoms with Crippen molar-refractivity contribution in [2.75, 3.05) is 6.26 Å². The van der Waals surface area contributed by atoms with Gasteiger partial charge in [0.15, 0.2) is 15.7 Å². The van der Waals surface area contributed by atoms with Crippen LogP contribution in [-0.2, 0) is 16.3 Å². The fourth-order valence-corrected chi connectivity index (χ4v) is 1.95. The zero-order valence-electron chi connectivity index (χ0n) is 10.6. The summed E-state index contributed by atoms with van der Waals surface area (Å²) in [6.07, 6.45) is 4.77. The molecule has 0 fully saturated rings. The number of aromatic nitrogens is 4. The molecule has 0 aliphatic heterocycles. The van der Waals surface area contributed by atoms with Crippen LogP contribution in [0.25, 0.3) is 0 Å². The zero-order chi connectivity index (χ0) is 14.0. The van der Waals surface area contributed by atoms with E-state index in [1.807, 2.05) is 0 Å². The number of H-pyrrole nitrogens is 1. The third-order valence-electron chi connectivity index (χ3n) is 2.78. The molecule has 2 heterocycles. The van der Waals surface area contributed by atoms with Crippen molar-refractivity contribution < 1.29 is 12.9 Å². The van der Waals surface area contributed by atoms with Crippen LogP contribution >= 0.6 is 0 Å². The van der Waals surface area contributed by atoms with E-state index in [2.05, 4.69) is 20.1 Å². The number of nitrogens with zero attached hydrogens (tertiary/aromatic N) is 3. The molecule has 3 N–H and O–H groups in total. The molecule has 0 aromatic carbocycles. The highest BCUT2D eigenvalue weighted by molar-refractivity contribution is 7.90. The molecule has 19 heavy (non-hydrogen) atoms. The van der Waals surface area contributed by atoms with Gasteiger partial charge < -0.3 is 15.2 Å². The molecule has 0 amide bonds. The van der Waals surface area contributed by atoms with Crippen molar-refractivity contribution in [2.45, 2.75) is 24.6 Å². The minimum absolute atomic E-state index is 0.123. The Bertz CT molecular complexity index is 634. The summed E-state index contributed by atoms with van der Waals surface area (Å²) >= 11 is 0. The molecule has 2 atom stereocenters. The maximum Gasteiger partial charge on any atom is 0.244 e. The van der Waals surface area contributed by atoms with E-state index in [9.17, 15) is 8.42 Å². The van der Waals surface area contributed by atoms with Gasteiger partial charge in [0.25, 0.3) is 0 Å². The molecule has 0 spiro atoms. The van der Waals surface area contributed by atoms with Gasteiger partial charge >= 0.3 is 0 Å². The van der Waals surface area contributed by atoms with E-state index in [1.54, 1.807) is 12.5 Å². The lowest BCUT2D eigenvalue weighted by atomic mass is 10.2. The van der Waals surface area contributed by atoms with Gasteiger partial charge in [-0.05, 0) is 6.92 Å². The summed E-state index contributed by atoms with van der Waals surface area (Å²) in [6, 6.07) is -0.506. The summed E-state index contributed by atoms with van der Waals surface area (Å²) < 4.78 is 27.8. The van der Waals surface area contributed by atoms with Crippen molar-refractivity contribution >= 4 is 9.84 Å². The summed E-state index contributed by atoms with van der Waals surface area (Å²) in [7, 11) is -3.26. The molecule has 2 rings (SSSR count). The van der Waals surface area contributed by atoms with Gasteiger partial charge in [0.2, 0.25) is 5.89 Å². The molecule has 0 aliphatic carbocycles. The summed E-state index contributed by atoms with van der Waals surface area (Å²) in [5.41, 5.74) is 6.75. The fraction of sp³-hybridized carbons (Fsp3) is 0.500. The summed E-state index contributed by atoms with van der Waals surface area (Å²) in [5.74, 6) is 0.331. The molecule has 104 valence electrons. The number of hydrogen-bond acceptors (Lipinski definition) is 7. The normalized spacial score (nSPS) is 15.3. The van der Waals surface area contributed by atoms with Crippen molar-refractivity contribution in [2.24, 2.45) is 5.73 Å². The maximum absolute atomic E-state index is 11.4. The van der Waals surface area contributed by atoms with Gasteiger partial charge in [0.05, 0.1) is 12.4 Å². The van der Waals surface area contributed by atoms with Gasteiger partial charge in [-0.15, -0.1) is 0 Å². The van der Waals surface area contributed by atoms with Crippen molar-refractivity contribution in [3.63, 3.8) is 0 Å². The van der Waals surface area contributed by atoms with E-state index < -0.39 is 21.1 Å². The number of aromatic amines is 1. The largest absolute Gasteiger partial charge is 0.348 e. The number of imidazole rings is 1. The monoisotopic (exact) mass is 285 g/mol. The Labute approximate surface area is 110 Å². The van der Waals surface area contributed by atoms with Gasteiger partial charge in [0.1, 0.15) is 5.25 Å².